The highest BCUT2D eigenvalue weighted by Crippen LogP contribution is 2.39. The maximum Gasteiger partial charge on any atom is 0.265 e. The summed E-state index contributed by atoms with van der Waals surface area (Å²) in [6, 6.07) is 6.21. The number of hydrogen-bond donors (Lipinski definition) is 2. The van der Waals surface area contributed by atoms with Crippen molar-refractivity contribution in [3.63, 3.8) is 0 Å². The van der Waals surface area contributed by atoms with Gasteiger partial charge in [-0.2, -0.15) is 0 Å². The van der Waals surface area contributed by atoms with Crippen LogP contribution in [0.4, 0.5) is 20.2 Å². The monoisotopic (exact) mass is 548 g/mol. The number of halogens is 3. The van der Waals surface area contributed by atoms with Crippen LogP contribution in [0.1, 0.15) is 23.1 Å². The van der Waals surface area contributed by atoms with Gasteiger partial charge < -0.3 is 10.6 Å². The van der Waals surface area contributed by atoms with E-state index < -0.39 is 45.9 Å². The highest BCUT2D eigenvalue weighted by atomic mass is 35.5. The number of sulfonamides is 1. The van der Waals surface area contributed by atoms with Crippen molar-refractivity contribution in [1.29, 1.82) is 0 Å². The third-order valence-electron chi connectivity index (χ3n) is 5.98. The average Bonchev–Trinajstić information content (AvgIpc) is 2.83. The molecule has 0 bridgehead atoms. The van der Waals surface area contributed by atoms with E-state index in [0.717, 1.165) is 5.56 Å². The summed E-state index contributed by atoms with van der Waals surface area (Å²) in [6.45, 7) is 3.37. The highest BCUT2D eigenvalue weighted by Gasteiger charge is 2.43. The zero-order valence-corrected chi connectivity index (χ0v) is 21.5. The number of benzene rings is 2. The molecule has 2 aromatic carbocycles. The molecule has 194 valence electrons. The number of amides is 2. The molecule has 2 amide bonds. The second-order valence-corrected chi connectivity index (χ2v) is 10.8. The fourth-order valence-electron chi connectivity index (χ4n) is 4.06. The van der Waals surface area contributed by atoms with Crippen LogP contribution in [0.5, 0.6) is 0 Å². The molecular weight excluding hydrogens is 526 g/mol. The topological polar surface area (TPSA) is 108 Å². The van der Waals surface area contributed by atoms with Gasteiger partial charge in [0.05, 0.1) is 22.7 Å². The second kappa shape index (κ2) is 10.4. The largest absolute Gasteiger partial charge is 0.356 e. The third-order valence-corrected chi connectivity index (χ3v) is 8.35. The summed E-state index contributed by atoms with van der Waals surface area (Å²) in [5.41, 5.74) is 1.15. The number of aryl methyl sites for hydroxylation is 2. The molecule has 0 fully saturated rings. The summed E-state index contributed by atoms with van der Waals surface area (Å²) in [5.74, 6) is -4.01. The van der Waals surface area contributed by atoms with Crippen molar-refractivity contribution in [2.24, 2.45) is 0 Å². The van der Waals surface area contributed by atoms with Crippen molar-refractivity contribution >= 4 is 44.8 Å². The van der Waals surface area contributed by atoms with Gasteiger partial charge in [-0.1, -0.05) is 11.6 Å². The van der Waals surface area contributed by atoms with Crippen LogP contribution in [0.3, 0.4) is 0 Å². The number of carbonyl (C=O) groups is 2. The van der Waals surface area contributed by atoms with Crippen LogP contribution in [0.15, 0.2) is 53.7 Å². The van der Waals surface area contributed by atoms with E-state index in [1.807, 2.05) is 0 Å². The van der Waals surface area contributed by atoms with Crippen LogP contribution in [-0.4, -0.2) is 37.8 Å². The number of carbonyl (C=O) groups excluding carboxylic acids is 2. The van der Waals surface area contributed by atoms with Crippen LogP contribution in [0, 0.1) is 25.5 Å². The van der Waals surface area contributed by atoms with E-state index in [0.29, 0.717) is 33.4 Å². The molecule has 12 heteroatoms. The smallest absolute Gasteiger partial charge is 0.265 e. The number of anilines is 2. The van der Waals surface area contributed by atoms with Gasteiger partial charge >= 0.3 is 0 Å². The number of nitrogens with zero attached hydrogens (tertiary/aromatic N) is 2. The van der Waals surface area contributed by atoms with E-state index in [2.05, 4.69) is 15.6 Å². The van der Waals surface area contributed by atoms with Crippen molar-refractivity contribution in [3.05, 3.63) is 82.1 Å². The lowest BCUT2D eigenvalue weighted by Crippen LogP contribution is -2.53. The molecule has 0 spiro atoms. The molecule has 0 saturated heterocycles. The highest BCUT2D eigenvalue weighted by molar-refractivity contribution is 7.93. The number of rotatable bonds is 7. The molecule has 0 radical (unpaired) electrons. The van der Waals surface area contributed by atoms with E-state index >= 15 is 0 Å². The summed E-state index contributed by atoms with van der Waals surface area (Å²) in [4.78, 5) is 29.6. The summed E-state index contributed by atoms with van der Waals surface area (Å²) in [6.07, 6.45) is 3.17. The first kappa shape index (κ1) is 26.5. The molecule has 2 heterocycles. The molecule has 8 nitrogen and oxygen atoms in total. The third kappa shape index (κ3) is 5.42. The van der Waals surface area contributed by atoms with Gasteiger partial charge in [-0.15, -0.1) is 0 Å². The van der Waals surface area contributed by atoms with Gasteiger partial charge in [-0.25, -0.2) is 17.2 Å². The Morgan fingerprint density at radius 3 is 2.49 bits per heavy atom. The first-order valence-corrected chi connectivity index (χ1v) is 13.1. The molecule has 1 aromatic heterocycles. The average molecular weight is 549 g/mol. The summed E-state index contributed by atoms with van der Waals surface area (Å²) in [5, 5.41) is 5.40. The lowest BCUT2D eigenvalue weighted by molar-refractivity contribution is -0.125. The Hall–Kier alpha value is -3.57. The molecule has 1 aliphatic heterocycles. The summed E-state index contributed by atoms with van der Waals surface area (Å²) in [7, 11) is -4.53. The Morgan fingerprint density at radius 2 is 1.78 bits per heavy atom. The van der Waals surface area contributed by atoms with Crippen LogP contribution in [0.25, 0.3) is 0 Å². The Balaban J connectivity index is 1.70. The van der Waals surface area contributed by atoms with E-state index in [-0.39, 0.29) is 28.4 Å². The summed E-state index contributed by atoms with van der Waals surface area (Å²) < 4.78 is 56.7. The minimum atomic E-state index is -4.53. The van der Waals surface area contributed by atoms with Crippen LogP contribution in [-0.2, 0) is 26.0 Å². The summed E-state index contributed by atoms with van der Waals surface area (Å²) >= 11 is 6.13. The van der Waals surface area contributed by atoms with Crippen LogP contribution < -0.4 is 14.9 Å². The molecule has 37 heavy (non-hydrogen) atoms. The standard InChI is InChI=1S/C25H23ClF2N4O4S/c1-14-10-23(15(2)9-17(14)26)37(35,36)32-21-12-19(28)18(27)11-20(21)31-25(34)22(32)13-24(33)30-8-5-16-3-6-29-7-4-16/h3-4,6-7,9-12,22H,5,8,13H2,1-2H3,(H,30,33)(H,31,34). The minimum absolute atomic E-state index is 0.178. The first-order chi connectivity index (χ1) is 17.5. The first-order valence-electron chi connectivity index (χ1n) is 11.3. The lowest BCUT2D eigenvalue weighted by Gasteiger charge is -2.37. The predicted molar refractivity (Wildman–Crippen MR) is 135 cm³/mol. The molecule has 1 unspecified atom stereocenters. The molecule has 2 N–H and O–H groups in total. The molecule has 0 saturated carbocycles. The number of nitrogens with one attached hydrogen (secondary N) is 2. The number of aromatic nitrogens is 1. The molecule has 1 atom stereocenters. The maximum absolute atomic E-state index is 14.3. The molecule has 3 aromatic rings. The van der Waals surface area contributed by atoms with E-state index in [1.54, 1.807) is 31.5 Å². The van der Waals surface area contributed by atoms with Crippen molar-refractivity contribution < 1.29 is 26.8 Å². The van der Waals surface area contributed by atoms with Crippen molar-refractivity contribution in [3.8, 4) is 0 Å². The fraction of sp³-hybridized carbons (Fsp3) is 0.240. The number of hydrogen-bond acceptors (Lipinski definition) is 5. The Kier molecular flexibility index (Phi) is 7.47. The Bertz CT molecular complexity index is 1490. The maximum atomic E-state index is 14.3. The Morgan fingerprint density at radius 1 is 1.11 bits per heavy atom. The molecule has 0 aliphatic carbocycles. The zero-order valence-electron chi connectivity index (χ0n) is 19.9. The Labute approximate surface area is 217 Å². The van der Waals surface area contributed by atoms with Gasteiger partial charge in [0.1, 0.15) is 6.04 Å². The van der Waals surface area contributed by atoms with E-state index in [9.17, 15) is 26.8 Å². The van der Waals surface area contributed by atoms with Gasteiger partial charge in [0.25, 0.3) is 10.0 Å². The van der Waals surface area contributed by atoms with Crippen LogP contribution in [0.2, 0.25) is 5.02 Å². The van der Waals surface area contributed by atoms with Gasteiger partial charge in [0.15, 0.2) is 11.6 Å². The quantitative estimate of drug-likeness (QED) is 0.465. The van der Waals surface area contributed by atoms with E-state index in [4.69, 9.17) is 11.6 Å². The zero-order chi connectivity index (χ0) is 26.9. The van der Waals surface area contributed by atoms with Crippen LogP contribution >= 0.6 is 11.6 Å². The van der Waals surface area contributed by atoms with Gasteiger partial charge in [-0.05, 0) is 61.2 Å². The molecule has 4 rings (SSSR count). The normalized spacial score (nSPS) is 15.2. The number of pyridine rings is 1. The van der Waals surface area contributed by atoms with Gasteiger partial charge in [0.2, 0.25) is 11.8 Å². The SMILES string of the molecule is Cc1cc(S(=O)(=O)N2c3cc(F)c(F)cc3NC(=O)C2CC(=O)NCCc2ccncc2)c(C)cc1Cl. The fourth-order valence-corrected chi connectivity index (χ4v) is 6.20. The van der Waals surface area contributed by atoms with E-state index in [1.165, 1.54) is 19.1 Å². The minimum Gasteiger partial charge on any atom is -0.356 e. The molecule has 1 aliphatic rings. The van der Waals surface area contributed by atoms with Crippen molar-refractivity contribution in [1.82, 2.24) is 10.3 Å². The predicted octanol–water partition coefficient (Wildman–Crippen LogP) is 3.90. The van der Waals surface area contributed by atoms with Crippen molar-refractivity contribution in [2.75, 3.05) is 16.2 Å². The van der Waals surface area contributed by atoms with Crippen molar-refractivity contribution in [2.45, 2.75) is 37.6 Å². The van der Waals surface area contributed by atoms with Gasteiger partial charge in [0, 0.05) is 36.1 Å². The lowest BCUT2D eigenvalue weighted by atomic mass is 10.1. The molecular formula is C25H23ClF2N4O4S. The van der Waals surface area contributed by atoms with Gasteiger partial charge in [-0.3, -0.25) is 18.9 Å². The second-order valence-electron chi connectivity index (χ2n) is 8.62. The number of fused-ring (bicyclic) bond motifs is 1.